The third-order valence-corrected chi connectivity index (χ3v) is 14.3. The second kappa shape index (κ2) is 81.8. The number of nitrogens with zero attached hydrogens (tertiary/aromatic N) is 1. The SMILES string of the molecule is BrCCCBr.CCCCCCCCCCCCCCCCBr.CCCCCCCCCCCCCCCCN(C)CCCBr.CCCCCCCCCCCCCCCCNC.CN. The summed E-state index contributed by atoms with van der Waals surface area (Å²) in [5.41, 5.74) is 4.50. The van der Waals surface area contributed by atoms with E-state index in [2.05, 4.69) is 107 Å². The molecule has 64 heavy (non-hydrogen) atoms. The predicted molar refractivity (Wildman–Crippen MR) is 317 cm³/mol. The van der Waals surface area contributed by atoms with Gasteiger partial charge in [-0.05, 0) is 72.9 Å². The maximum Gasteiger partial charge on any atom is 0.00434 e. The van der Waals surface area contributed by atoms with Crippen molar-refractivity contribution in [2.24, 2.45) is 5.73 Å². The summed E-state index contributed by atoms with van der Waals surface area (Å²) >= 11 is 13.5. The minimum atomic E-state index is 1.11. The van der Waals surface area contributed by atoms with Crippen molar-refractivity contribution in [2.75, 3.05) is 62.1 Å². The van der Waals surface area contributed by atoms with E-state index in [1.165, 1.54) is 315 Å². The quantitative estimate of drug-likeness (QED) is 0.0471. The normalized spacial score (nSPS) is 10.7. The Hall–Kier alpha value is 1.80. The molecule has 0 aliphatic carbocycles. The molecular formula is C57H123Br4N3. The van der Waals surface area contributed by atoms with Crippen LogP contribution in [0.5, 0.6) is 0 Å². The number of alkyl halides is 4. The molecule has 0 bridgehead atoms. The lowest BCUT2D eigenvalue weighted by molar-refractivity contribution is 0.325. The average molecular weight is 1170 g/mol. The van der Waals surface area contributed by atoms with Crippen molar-refractivity contribution in [1.82, 2.24) is 10.2 Å². The van der Waals surface area contributed by atoms with Gasteiger partial charge in [-0.15, -0.1) is 0 Å². The zero-order chi connectivity index (χ0) is 48.3. The van der Waals surface area contributed by atoms with Crippen LogP contribution in [0, 0.1) is 0 Å². The largest absolute Gasteiger partial charge is 0.333 e. The lowest BCUT2D eigenvalue weighted by atomic mass is 10.0. The van der Waals surface area contributed by atoms with Gasteiger partial charge in [0.25, 0.3) is 0 Å². The molecule has 0 aromatic heterocycles. The number of rotatable bonds is 49. The lowest BCUT2D eigenvalue weighted by Gasteiger charge is -2.15. The molecule has 0 saturated heterocycles. The van der Waals surface area contributed by atoms with Crippen LogP contribution in [0.25, 0.3) is 0 Å². The molecule has 394 valence electrons. The van der Waals surface area contributed by atoms with Gasteiger partial charge in [0.1, 0.15) is 0 Å². The van der Waals surface area contributed by atoms with Crippen molar-refractivity contribution in [2.45, 2.75) is 303 Å². The van der Waals surface area contributed by atoms with E-state index in [9.17, 15) is 0 Å². The smallest absolute Gasteiger partial charge is 0.00434 e. The minimum Gasteiger partial charge on any atom is -0.333 e. The van der Waals surface area contributed by atoms with Gasteiger partial charge >= 0.3 is 0 Å². The van der Waals surface area contributed by atoms with Crippen LogP contribution < -0.4 is 11.1 Å². The third-order valence-electron chi connectivity index (χ3n) is 12.1. The molecule has 0 aromatic carbocycles. The van der Waals surface area contributed by atoms with Gasteiger partial charge in [0.15, 0.2) is 0 Å². The Bertz CT molecular complexity index is 643. The predicted octanol–water partition coefficient (Wildman–Crippen LogP) is 21.5. The Morgan fingerprint density at radius 1 is 0.281 bits per heavy atom. The van der Waals surface area contributed by atoms with Gasteiger partial charge in [-0.1, -0.05) is 335 Å². The van der Waals surface area contributed by atoms with Crippen LogP contribution in [-0.4, -0.2) is 67.0 Å². The van der Waals surface area contributed by atoms with Gasteiger partial charge < -0.3 is 16.0 Å². The lowest BCUT2D eigenvalue weighted by Crippen LogP contribution is -2.21. The highest BCUT2D eigenvalue weighted by Gasteiger charge is 1.99. The van der Waals surface area contributed by atoms with Crippen molar-refractivity contribution >= 4 is 63.7 Å². The second-order valence-electron chi connectivity index (χ2n) is 18.7. The highest BCUT2D eigenvalue weighted by Crippen LogP contribution is 2.16. The van der Waals surface area contributed by atoms with E-state index in [1.807, 2.05) is 7.05 Å². The average Bonchev–Trinajstić information content (AvgIpc) is 3.31. The van der Waals surface area contributed by atoms with Crippen LogP contribution in [0.4, 0.5) is 0 Å². The maximum absolute atomic E-state index is 4.50. The third kappa shape index (κ3) is 90.3. The fraction of sp³-hybridized carbons (Fsp3) is 1.00. The zero-order valence-corrected chi connectivity index (χ0v) is 51.4. The van der Waals surface area contributed by atoms with E-state index in [4.69, 9.17) is 0 Å². The summed E-state index contributed by atoms with van der Waals surface area (Å²) in [6, 6.07) is 0. The molecule has 3 nitrogen and oxygen atoms in total. The van der Waals surface area contributed by atoms with Crippen LogP contribution >= 0.6 is 63.7 Å². The number of unbranched alkanes of at least 4 members (excludes halogenated alkanes) is 39. The number of nitrogens with one attached hydrogen (secondary N) is 1. The molecule has 0 rings (SSSR count). The summed E-state index contributed by atoms with van der Waals surface area (Å²) < 4.78 is 0. The summed E-state index contributed by atoms with van der Waals surface area (Å²) in [7, 11) is 5.80. The zero-order valence-electron chi connectivity index (χ0n) is 45.1. The van der Waals surface area contributed by atoms with Crippen LogP contribution in [0.2, 0.25) is 0 Å². The number of halogens is 4. The molecule has 0 aromatic rings. The molecule has 7 heteroatoms. The molecular weight excluding hydrogens is 1050 g/mol. The molecule has 0 aliphatic heterocycles. The van der Waals surface area contributed by atoms with E-state index in [0.29, 0.717) is 0 Å². The summed E-state index contributed by atoms with van der Waals surface area (Å²) in [5, 5.41) is 7.75. The Kier molecular flexibility index (Phi) is 95.5. The van der Waals surface area contributed by atoms with Gasteiger partial charge in [0.2, 0.25) is 0 Å². The summed E-state index contributed by atoms with van der Waals surface area (Å²) in [6.45, 7) is 10.6. The molecule has 0 unspecified atom stereocenters. The first-order valence-electron chi connectivity index (χ1n) is 28.7. The summed E-state index contributed by atoms with van der Waals surface area (Å²) in [4.78, 5) is 2.47. The highest BCUT2D eigenvalue weighted by molar-refractivity contribution is 9.10. The van der Waals surface area contributed by atoms with E-state index >= 15 is 0 Å². The standard InChI is InChI=1S/C20H42BrN.C17H37N.C16H33Br.C3H6Br2.CH5N/c1-3-4-5-6-7-8-9-10-11-12-13-14-15-16-19-22(2)20-17-18-21;1-3-4-5-6-7-8-9-10-11-12-13-14-15-16-17-18-2;1-2-3-4-5-6-7-8-9-10-11-12-13-14-15-16-17;4-2-1-3-5;1-2/h3-20H2,1-2H3;18H,3-17H2,1-2H3;2-16H2,1H3;1-3H2;2H2,1H3. The Morgan fingerprint density at radius 3 is 0.703 bits per heavy atom. The Morgan fingerprint density at radius 2 is 0.484 bits per heavy atom. The maximum atomic E-state index is 4.50. The van der Waals surface area contributed by atoms with Gasteiger partial charge in [-0.25, -0.2) is 0 Å². The summed E-state index contributed by atoms with van der Waals surface area (Å²) in [6.07, 6.45) is 63.3. The first kappa shape index (κ1) is 74.7. The van der Waals surface area contributed by atoms with Crippen molar-refractivity contribution < 1.29 is 0 Å². The first-order chi connectivity index (χ1) is 31.6. The molecule has 3 N–H and O–H groups in total. The first-order valence-corrected chi connectivity index (χ1v) is 33.2. The summed E-state index contributed by atoms with van der Waals surface area (Å²) in [5.74, 6) is 0. The van der Waals surface area contributed by atoms with E-state index in [1.54, 1.807) is 0 Å². The number of nitrogens with two attached hydrogens (primary N) is 1. The molecule has 0 radical (unpaired) electrons. The van der Waals surface area contributed by atoms with Crippen molar-refractivity contribution in [1.29, 1.82) is 0 Å². The fourth-order valence-corrected chi connectivity index (χ4v) is 9.81. The molecule has 0 aliphatic rings. The second-order valence-corrected chi connectivity index (χ2v) is 21.8. The van der Waals surface area contributed by atoms with Gasteiger partial charge in [0, 0.05) is 21.3 Å². The monoisotopic (exact) mass is 1170 g/mol. The number of hydrogen-bond donors (Lipinski definition) is 2. The molecule has 0 fully saturated rings. The van der Waals surface area contributed by atoms with Gasteiger partial charge in [-0.2, -0.15) is 0 Å². The molecule has 0 heterocycles. The van der Waals surface area contributed by atoms with Crippen molar-refractivity contribution in [3.05, 3.63) is 0 Å². The van der Waals surface area contributed by atoms with E-state index in [0.717, 1.165) is 16.0 Å². The molecule has 0 atom stereocenters. The van der Waals surface area contributed by atoms with Gasteiger partial charge in [-0.3, -0.25) is 0 Å². The van der Waals surface area contributed by atoms with Crippen LogP contribution in [0.1, 0.15) is 303 Å². The fourth-order valence-electron chi connectivity index (χ4n) is 7.85. The van der Waals surface area contributed by atoms with Crippen LogP contribution in [0.15, 0.2) is 0 Å². The van der Waals surface area contributed by atoms with Crippen molar-refractivity contribution in [3.8, 4) is 0 Å². The highest BCUT2D eigenvalue weighted by atomic mass is 79.9. The van der Waals surface area contributed by atoms with E-state index < -0.39 is 0 Å². The molecule has 0 spiro atoms. The van der Waals surface area contributed by atoms with Crippen LogP contribution in [0.3, 0.4) is 0 Å². The van der Waals surface area contributed by atoms with Crippen molar-refractivity contribution in [3.63, 3.8) is 0 Å². The molecule has 0 amide bonds. The Labute approximate surface area is 441 Å². The topological polar surface area (TPSA) is 41.3 Å². The Balaban J connectivity index is -0.000000254. The number of hydrogen-bond acceptors (Lipinski definition) is 3. The minimum absolute atomic E-state index is 1.11. The van der Waals surface area contributed by atoms with Gasteiger partial charge in [0.05, 0.1) is 0 Å². The van der Waals surface area contributed by atoms with Crippen LogP contribution in [-0.2, 0) is 0 Å². The van der Waals surface area contributed by atoms with E-state index in [-0.39, 0.29) is 0 Å². The molecule has 0 saturated carbocycles.